The molecule has 2 unspecified atom stereocenters. The summed E-state index contributed by atoms with van der Waals surface area (Å²) in [7, 11) is 1.77. The molecular formula is C24H27FN8O. The number of fused-ring (bicyclic) bond motifs is 4. The van der Waals surface area contributed by atoms with E-state index in [1.54, 1.807) is 19.4 Å². The highest BCUT2D eigenvalue weighted by molar-refractivity contribution is 6.14. The lowest BCUT2D eigenvalue weighted by Gasteiger charge is -2.18. The minimum atomic E-state index is -0.323. The third-order valence-corrected chi connectivity index (χ3v) is 7.00. The Labute approximate surface area is 196 Å². The zero-order valence-corrected chi connectivity index (χ0v) is 19.4. The second kappa shape index (κ2) is 8.05. The van der Waals surface area contributed by atoms with Gasteiger partial charge in [-0.2, -0.15) is 9.97 Å². The van der Waals surface area contributed by atoms with Crippen LogP contribution in [0.2, 0.25) is 0 Å². The van der Waals surface area contributed by atoms with Crippen LogP contribution < -0.4 is 15.4 Å². The lowest BCUT2D eigenvalue weighted by atomic mass is 9.94. The van der Waals surface area contributed by atoms with E-state index in [2.05, 4.69) is 42.4 Å². The molecule has 0 saturated carbocycles. The Morgan fingerprint density at radius 1 is 1.24 bits per heavy atom. The number of hydrogen-bond donors (Lipinski definition) is 3. The number of piperidine rings is 1. The molecule has 3 aromatic heterocycles. The first-order chi connectivity index (χ1) is 16.6. The minimum absolute atomic E-state index is 0.172. The van der Waals surface area contributed by atoms with Crippen LogP contribution in [0.5, 0.6) is 11.8 Å². The van der Waals surface area contributed by atoms with Crippen molar-refractivity contribution in [3.8, 4) is 11.8 Å². The van der Waals surface area contributed by atoms with Crippen LogP contribution in [-0.4, -0.2) is 55.6 Å². The standard InChI is InChI=1S/C24H27FN8O/c1-4-13-6-5-7-33-20(13)23(33)30-22-18-16-8-14(25)9-17(26-3)19(16)29-21(18)31-24(32-22)34-15-10-27-12(2)28-11-15/h8-11,13,20,23,26H,4-7H2,1-3H3,(H2,29,30,31,32)/t13-,20+,23?,33?/m0/s1. The Bertz CT molecular complexity index is 1370. The Morgan fingerprint density at radius 3 is 2.82 bits per heavy atom. The number of ether oxygens (including phenoxy) is 1. The second-order valence-corrected chi connectivity index (χ2v) is 9.03. The van der Waals surface area contributed by atoms with Gasteiger partial charge in [-0.05, 0) is 37.8 Å². The average Bonchev–Trinajstić information content (AvgIpc) is 3.41. The van der Waals surface area contributed by atoms with Gasteiger partial charge in [-0.25, -0.2) is 14.4 Å². The molecule has 1 aromatic carbocycles. The molecular weight excluding hydrogens is 435 g/mol. The lowest BCUT2D eigenvalue weighted by Crippen LogP contribution is -2.20. The highest BCUT2D eigenvalue weighted by atomic mass is 19.1. The van der Waals surface area contributed by atoms with Gasteiger partial charge in [-0.15, -0.1) is 0 Å². The highest BCUT2D eigenvalue weighted by Gasteiger charge is 2.53. The van der Waals surface area contributed by atoms with E-state index in [1.165, 1.54) is 25.0 Å². The number of nitrogens with one attached hydrogen (secondary N) is 3. The zero-order valence-electron chi connectivity index (χ0n) is 19.4. The maximum absolute atomic E-state index is 14.5. The van der Waals surface area contributed by atoms with Crippen LogP contribution in [0.25, 0.3) is 21.9 Å². The van der Waals surface area contributed by atoms with Crippen LogP contribution in [0.4, 0.5) is 15.9 Å². The van der Waals surface area contributed by atoms with Crippen molar-refractivity contribution in [1.29, 1.82) is 0 Å². The van der Waals surface area contributed by atoms with Gasteiger partial charge in [0.25, 0.3) is 0 Å². The van der Waals surface area contributed by atoms with Crippen molar-refractivity contribution in [2.24, 2.45) is 5.92 Å². The maximum atomic E-state index is 14.5. The fourth-order valence-corrected chi connectivity index (χ4v) is 5.30. The Balaban J connectivity index is 1.46. The number of benzene rings is 1. The molecule has 6 rings (SSSR count). The van der Waals surface area contributed by atoms with Crippen molar-refractivity contribution in [1.82, 2.24) is 29.8 Å². The third-order valence-electron chi connectivity index (χ3n) is 7.00. The first-order valence-electron chi connectivity index (χ1n) is 11.7. The minimum Gasteiger partial charge on any atom is -0.421 e. The van der Waals surface area contributed by atoms with Gasteiger partial charge in [-0.3, -0.25) is 4.90 Å². The zero-order chi connectivity index (χ0) is 23.4. The fraction of sp³-hybridized carbons (Fsp3) is 0.417. The number of aromatic nitrogens is 5. The number of aromatic amines is 1. The molecule has 9 nitrogen and oxygen atoms in total. The maximum Gasteiger partial charge on any atom is 0.326 e. The van der Waals surface area contributed by atoms with Crippen LogP contribution in [0, 0.1) is 18.7 Å². The molecule has 34 heavy (non-hydrogen) atoms. The van der Waals surface area contributed by atoms with Gasteiger partial charge in [-0.1, -0.05) is 13.3 Å². The van der Waals surface area contributed by atoms with E-state index in [1.807, 2.05) is 6.92 Å². The molecule has 176 valence electrons. The van der Waals surface area contributed by atoms with Crippen LogP contribution in [0.3, 0.4) is 0 Å². The highest BCUT2D eigenvalue weighted by Crippen LogP contribution is 2.44. The van der Waals surface area contributed by atoms with Crippen molar-refractivity contribution < 1.29 is 9.13 Å². The fourth-order valence-electron chi connectivity index (χ4n) is 5.30. The van der Waals surface area contributed by atoms with Gasteiger partial charge in [0.05, 0.1) is 35.1 Å². The smallest absolute Gasteiger partial charge is 0.326 e. The first-order valence-corrected chi connectivity index (χ1v) is 11.7. The Morgan fingerprint density at radius 2 is 2.06 bits per heavy atom. The van der Waals surface area contributed by atoms with E-state index >= 15 is 0 Å². The Hall–Kier alpha value is -3.53. The molecule has 0 aliphatic carbocycles. The van der Waals surface area contributed by atoms with Crippen molar-refractivity contribution in [2.45, 2.75) is 45.3 Å². The van der Waals surface area contributed by atoms with Crippen LogP contribution in [0.1, 0.15) is 32.0 Å². The molecule has 2 aliphatic heterocycles. The SMILES string of the molecule is CC[C@H]1CCCN2C(Nc3nc(Oc4cnc(C)nc4)nc4[nH]c5c(NC)cc(F)cc5c34)[C@@H]12. The number of rotatable bonds is 6. The van der Waals surface area contributed by atoms with E-state index < -0.39 is 0 Å². The summed E-state index contributed by atoms with van der Waals surface area (Å²) in [6.45, 7) is 5.14. The molecule has 10 heteroatoms. The van der Waals surface area contributed by atoms with Gasteiger partial charge in [0, 0.05) is 25.0 Å². The summed E-state index contributed by atoms with van der Waals surface area (Å²) < 4.78 is 20.4. The lowest BCUT2D eigenvalue weighted by molar-refractivity contribution is 0.305. The molecule has 5 heterocycles. The quantitative estimate of drug-likeness (QED) is 0.362. The molecule has 0 bridgehead atoms. The molecule has 0 radical (unpaired) electrons. The summed E-state index contributed by atoms with van der Waals surface area (Å²) in [6.07, 6.45) is 7.00. The largest absolute Gasteiger partial charge is 0.421 e. The van der Waals surface area contributed by atoms with Gasteiger partial charge in [0.1, 0.15) is 23.1 Å². The number of hydrogen-bond acceptors (Lipinski definition) is 8. The molecule has 3 N–H and O–H groups in total. The van der Waals surface area contributed by atoms with Gasteiger partial charge < -0.3 is 20.4 Å². The summed E-state index contributed by atoms with van der Waals surface area (Å²) in [6, 6.07) is 3.65. The number of H-pyrrole nitrogens is 1. The van der Waals surface area contributed by atoms with E-state index in [0.717, 1.165) is 29.3 Å². The van der Waals surface area contributed by atoms with Crippen LogP contribution >= 0.6 is 0 Å². The molecule has 4 atom stereocenters. The first kappa shape index (κ1) is 21.0. The van der Waals surface area contributed by atoms with E-state index in [4.69, 9.17) is 9.72 Å². The number of anilines is 2. The Kier molecular flexibility index (Phi) is 4.98. The van der Waals surface area contributed by atoms with Gasteiger partial charge in [0.15, 0.2) is 5.75 Å². The normalized spacial score (nSPS) is 23.6. The summed E-state index contributed by atoms with van der Waals surface area (Å²) >= 11 is 0. The van der Waals surface area contributed by atoms with Crippen LogP contribution in [-0.2, 0) is 0 Å². The number of aryl methyl sites for hydroxylation is 1. The summed E-state index contributed by atoms with van der Waals surface area (Å²) in [5.41, 5.74) is 2.00. The third kappa shape index (κ3) is 3.49. The molecule has 2 saturated heterocycles. The van der Waals surface area contributed by atoms with Crippen LogP contribution in [0.15, 0.2) is 24.5 Å². The topological polar surface area (TPSA) is 104 Å². The summed E-state index contributed by atoms with van der Waals surface area (Å²) in [5.74, 6) is 2.07. The van der Waals surface area contributed by atoms with E-state index in [-0.39, 0.29) is 18.0 Å². The molecule has 2 fully saturated rings. The van der Waals surface area contributed by atoms with Gasteiger partial charge in [0.2, 0.25) is 0 Å². The molecule has 0 spiro atoms. The average molecular weight is 463 g/mol. The van der Waals surface area contributed by atoms with E-state index in [0.29, 0.717) is 40.7 Å². The van der Waals surface area contributed by atoms with Gasteiger partial charge >= 0.3 is 6.01 Å². The van der Waals surface area contributed by atoms with Crippen molar-refractivity contribution in [2.75, 3.05) is 24.2 Å². The van der Waals surface area contributed by atoms with Crippen molar-refractivity contribution >= 4 is 33.4 Å². The van der Waals surface area contributed by atoms with E-state index in [9.17, 15) is 4.39 Å². The predicted octanol–water partition coefficient (Wildman–Crippen LogP) is 4.42. The van der Waals surface area contributed by atoms with Crippen molar-refractivity contribution in [3.63, 3.8) is 0 Å². The molecule has 0 amide bonds. The predicted molar refractivity (Wildman–Crippen MR) is 129 cm³/mol. The molecule has 4 aromatic rings. The summed E-state index contributed by atoms with van der Waals surface area (Å²) in [5, 5.41) is 8.17. The monoisotopic (exact) mass is 462 g/mol. The van der Waals surface area contributed by atoms with Crippen molar-refractivity contribution in [3.05, 3.63) is 36.2 Å². The second-order valence-electron chi connectivity index (χ2n) is 9.03. The summed E-state index contributed by atoms with van der Waals surface area (Å²) in [4.78, 5) is 23.5. The number of halogens is 1. The molecule has 2 aliphatic rings. The number of nitrogens with zero attached hydrogens (tertiary/aromatic N) is 5.